The van der Waals surface area contributed by atoms with Gasteiger partial charge < -0.3 is 24.8 Å². The molecule has 2 aromatic carbocycles. The van der Waals surface area contributed by atoms with Crippen molar-refractivity contribution in [1.29, 1.82) is 0 Å². The number of benzene rings is 2. The molecule has 28 heavy (non-hydrogen) atoms. The minimum Gasteiger partial charge on any atom is -0.495 e. The number of nitrogens with zero attached hydrogens (tertiary/aromatic N) is 2. The zero-order chi connectivity index (χ0) is 19.5. The van der Waals surface area contributed by atoms with E-state index in [0.717, 1.165) is 28.3 Å². The van der Waals surface area contributed by atoms with Crippen LogP contribution in [0.15, 0.2) is 42.6 Å². The Morgan fingerprint density at radius 3 is 2.86 bits per heavy atom. The van der Waals surface area contributed by atoms with Gasteiger partial charge >= 0.3 is 0 Å². The van der Waals surface area contributed by atoms with Crippen molar-refractivity contribution in [2.24, 2.45) is 0 Å². The Bertz CT molecular complexity index is 1010. The molecule has 0 spiro atoms. The Kier molecular flexibility index (Phi) is 5.08. The molecule has 0 saturated heterocycles. The molecule has 0 bridgehead atoms. The van der Waals surface area contributed by atoms with Crippen molar-refractivity contribution in [1.82, 2.24) is 9.97 Å². The van der Waals surface area contributed by atoms with Gasteiger partial charge in [-0.25, -0.2) is 4.98 Å². The highest BCUT2D eigenvalue weighted by molar-refractivity contribution is 6.31. The SMILES string of the molecule is COc1cc(Cl)c(C)cc1Nc1nccc(NCc2ccc3c(c2)OCO3)n1. The van der Waals surface area contributed by atoms with Gasteiger partial charge in [0.15, 0.2) is 11.5 Å². The second-order valence-electron chi connectivity index (χ2n) is 6.23. The highest BCUT2D eigenvalue weighted by Crippen LogP contribution is 2.33. The lowest BCUT2D eigenvalue weighted by atomic mass is 10.2. The molecule has 1 aliphatic rings. The van der Waals surface area contributed by atoms with E-state index in [1.165, 1.54) is 0 Å². The van der Waals surface area contributed by atoms with Crippen molar-refractivity contribution in [2.45, 2.75) is 13.5 Å². The smallest absolute Gasteiger partial charge is 0.231 e. The van der Waals surface area contributed by atoms with Gasteiger partial charge in [-0.05, 0) is 42.3 Å². The Labute approximate surface area is 167 Å². The molecule has 0 atom stereocenters. The molecule has 1 aromatic heterocycles. The van der Waals surface area contributed by atoms with E-state index in [4.69, 9.17) is 25.8 Å². The van der Waals surface area contributed by atoms with Crippen molar-refractivity contribution < 1.29 is 14.2 Å². The molecule has 0 unspecified atom stereocenters. The van der Waals surface area contributed by atoms with Crippen LogP contribution in [-0.4, -0.2) is 23.9 Å². The molecule has 0 saturated carbocycles. The molecule has 2 N–H and O–H groups in total. The predicted molar refractivity (Wildman–Crippen MR) is 108 cm³/mol. The first-order valence-corrected chi connectivity index (χ1v) is 9.07. The number of rotatable bonds is 6. The topological polar surface area (TPSA) is 77.5 Å². The quantitative estimate of drug-likeness (QED) is 0.631. The van der Waals surface area contributed by atoms with Crippen LogP contribution in [0.3, 0.4) is 0 Å². The molecule has 1 aliphatic heterocycles. The van der Waals surface area contributed by atoms with Gasteiger partial charge in [0, 0.05) is 23.8 Å². The van der Waals surface area contributed by atoms with Crippen molar-refractivity contribution in [3.8, 4) is 17.2 Å². The summed E-state index contributed by atoms with van der Waals surface area (Å²) in [6, 6.07) is 11.3. The monoisotopic (exact) mass is 398 g/mol. The van der Waals surface area contributed by atoms with Gasteiger partial charge in [0.05, 0.1) is 12.8 Å². The highest BCUT2D eigenvalue weighted by atomic mass is 35.5. The minimum atomic E-state index is 0.265. The second-order valence-corrected chi connectivity index (χ2v) is 6.64. The summed E-state index contributed by atoms with van der Waals surface area (Å²) in [5, 5.41) is 7.11. The Hall–Kier alpha value is -3.19. The number of methoxy groups -OCH3 is 1. The summed E-state index contributed by atoms with van der Waals surface area (Å²) in [4.78, 5) is 8.78. The average Bonchev–Trinajstić information content (AvgIpc) is 3.17. The maximum Gasteiger partial charge on any atom is 0.231 e. The van der Waals surface area contributed by atoms with Gasteiger partial charge in [-0.15, -0.1) is 0 Å². The highest BCUT2D eigenvalue weighted by Gasteiger charge is 2.13. The molecule has 2 heterocycles. The number of halogens is 1. The molecular weight excluding hydrogens is 380 g/mol. The molecule has 0 amide bonds. The lowest BCUT2D eigenvalue weighted by Gasteiger charge is -2.13. The lowest BCUT2D eigenvalue weighted by Crippen LogP contribution is -2.05. The van der Waals surface area contributed by atoms with Crippen LogP contribution < -0.4 is 24.8 Å². The molecular formula is C20H19ClN4O3. The van der Waals surface area contributed by atoms with Crippen LogP contribution in [0.25, 0.3) is 0 Å². The Morgan fingerprint density at radius 1 is 1.14 bits per heavy atom. The number of hydrogen-bond donors (Lipinski definition) is 2. The first-order valence-electron chi connectivity index (χ1n) is 8.69. The van der Waals surface area contributed by atoms with Crippen LogP contribution in [0.5, 0.6) is 17.2 Å². The van der Waals surface area contributed by atoms with Crippen LogP contribution in [0.2, 0.25) is 5.02 Å². The van der Waals surface area contributed by atoms with Crippen molar-refractivity contribution in [2.75, 3.05) is 24.5 Å². The first kappa shape index (κ1) is 18.2. The summed E-state index contributed by atoms with van der Waals surface area (Å²) in [7, 11) is 1.59. The van der Waals surface area contributed by atoms with Crippen LogP contribution in [0.4, 0.5) is 17.5 Å². The van der Waals surface area contributed by atoms with Crippen LogP contribution in [0.1, 0.15) is 11.1 Å². The first-order chi connectivity index (χ1) is 13.6. The number of aryl methyl sites for hydroxylation is 1. The van der Waals surface area contributed by atoms with Gasteiger partial charge in [-0.2, -0.15) is 4.98 Å². The fraction of sp³-hybridized carbons (Fsp3) is 0.200. The van der Waals surface area contributed by atoms with E-state index in [2.05, 4.69) is 20.6 Å². The summed E-state index contributed by atoms with van der Waals surface area (Å²) in [5.74, 6) is 3.30. The number of fused-ring (bicyclic) bond motifs is 1. The Morgan fingerprint density at radius 2 is 2.00 bits per heavy atom. The van der Waals surface area contributed by atoms with E-state index in [0.29, 0.717) is 29.1 Å². The van der Waals surface area contributed by atoms with Gasteiger partial charge in [-0.1, -0.05) is 17.7 Å². The van der Waals surface area contributed by atoms with Gasteiger partial charge in [0.25, 0.3) is 0 Å². The van der Waals surface area contributed by atoms with E-state index in [-0.39, 0.29) is 6.79 Å². The zero-order valence-corrected chi connectivity index (χ0v) is 16.2. The fourth-order valence-corrected chi connectivity index (χ4v) is 2.96. The summed E-state index contributed by atoms with van der Waals surface area (Å²) in [6.07, 6.45) is 1.69. The second kappa shape index (κ2) is 7.82. The maximum absolute atomic E-state index is 6.16. The van der Waals surface area contributed by atoms with Crippen LogP contribution >= 0.6 is 11.6 Å². The molecule has 7 nitrogen and oxygen atoms in total. The lowest BCUT2D eigenvalue weighted by molar-refractivity contribution is 0.174. The predicted octanol–water partition coefficient (Wildman–Crippen LogP) is 4.53. The number of anilines is 3. The molecule has 0 radical (unpaired) electrons. The van der Waals surface area contributed by atoms with E-state index in [1.54, 1.807) is 19.4 Å². The number of aromatic nitrogens is 2. The molecule has 144 valence electrons. The van der Waals surface area contributed by atoms with E-state index in [1.807, 2.05) is 37.3 Å². The Balaban J connectivity index is 1.47. The van der Waals surface area contributed by atoms with Crippen LogP contribution in [0, 0.1) is 6.92 Å². The van der Waals surface area contributed by atoms with E-state index < -0.39 is 0 Å². The molecule has 3 aromatic rings. The molecule has 0 fully saturated rings. The summed E-state index contributed by atoms with van der Waals surface area (Å²) in [5.41, 5.74) is 2.74. The zero-order valence-electron chi connectivity index (χ0n) is 15.5. The van der Waals surface area contributed by atoms with E-state index in [9.17, 15) is 0 Å². The molecule has 4 rings (SSSR count). The third-order valence-electron chi connectivity index (χ3n) is 4.29. The minimum absolute atomic E-state index is 0.265. The number of ether oxygens (including phenoxy) is 3. The van der Waals surface area contributed by atoms with Crippen molar-refractivity contribution in [3.05, 3.63) is 58.7 Å². The summed E-state index contributed by atoms with van der Waals surface area (Å²) >= 11 is 6.16. The largest absolute Gasteiger partial charge is 0.495 e. The fourth-order valence-electron chi connectivity index (χ4n) is 2.81. The van der Waals surface area contributed by atoms with Crippen LogP contribution in [-0.2, 0) is 6.54 Å². The summed E-state index contributed by atoms with van der Waals surface area (Å²) in [6.45, 7) is 2.79. The number of nitrogens with one attached hydrogen (secondary N) is 2. The maximum atomic E-state index is 6.16. The molecule has 8 heteroatoms. The van der Waals surface area contributed by atoms with Gasteiger partial charge in [0.2, 0.25) is 12.7 Å². The van der Waals surface area contributed by atoms with Gasteiger partial charge in [0.1, 0.15) is 11.6 Å². The average molecular weight is 399 g/mol. The van der Waals surface area contributed by atoms with Crippen molar-refractivity contribution in [3.63, 3.8) is 0 Å². The molecule has 0 aliphatic carbocycles. The van der Waals surface area contributed by atoms with Gasteiger partial charge in [-0.3, -0.25) is 0 Å². The van der Waals surface area contributed by atoms with Crippen molar-refractivity contribution >= 4 is 29.1 Å². The standard InChI is InChI=1S/C20H19ClN4O3/c1-12-7-15(17(26-2)9-14(12)21)24-20-22-6-5-19(25-20)23-10-13-3-4-16-18(8-13)28-11-27-16/h3-9H,10-11H2,1-2H3,(H2,22,23,24,25). The summed E-state index contributed by atoms with van der Waals surface area (Å²) < 4.78 is 16.1. The number of hydrogen-bond acceptors (Lipinski definition) is 7. The normalized spacial score (nSPS) is 12.0. The van der Waals surface area contributed by atoms with E-state index >= 15 is 0 Å². The third-order valence-corrected chi connectivity index (χ3v) is 4.70. The third kappa shape index (κ3) is 3.89.